The Labute approximate surface area is 86.9 Å². The van der Waals surface area contributed by atoms with Crippen molar-refractivity contribution in [1.82, 2.24) is 0 Å². The van der Waals surface area contributed by atoms with Gasteiger partial charge >= 0.3 is 86.6 Å². The summed E-state index contributed by atoms with van der Waals surface area (Å²) in [6, 6.07) is 10.8. The standard InChI is InChI=1S/C10H7NO2Se/c12-11(13)9-4-1-3-8(7-9)10-5-2-6-14-10/h1-7H. The number of nitrogens with zero attached hydrogens (tertiary/aromatic N) is 1. The molecule has 1 aromatic carbocycles. The molecule has 1 heterocycles. The van der Waals surface area contributed by atoms with Gasteiger partial charge in [-0.05, 0) is 0 Å². The number of benzene rings is 1. The molecule has 14 heavy (non-hydrogen) atoms. The van der Waals surface area contributed by atoms with Gasteiger partial charge in [0.1, 0.15) is 0 Å². The van der Waals surface area contributed by atoms with E-state index in [1.165, 1.54) is 10.5 Å². The van der Waals surface area contributed by atoms with Gasteiger partial charge in [0.2, 0.25) is 0 Å². The van der Waals surface area contributed by atoms with Crippen molar-refractivity contribution in [2.45, 2.75) is 0 Å². The van der Waals surface area contributed by atoms with Crippen LogP contribution in [-0.2, 0) is 0 Å². The molecule has 0 unspecified atom stereocenters. The molecule has 0 aliphatic rings. The van der Waals surface area contributed by atoms with Crippen LogP contribution in [0.4, 0.5) is 5.69 Å². The van der Waals surface area contributed by atoms with Crippen molar-refractivity contribution in [3.8, 4) is 10.0 Å². The molecular weight excluding hydrogens is 245 g/mol. The van der Waals surface area contributed by atoms with E-state index < -0.39 is 0 Å². The average molecular weight is 252 g/mol. The number of nitro benzene ring substituents is 1. The van der Waals surface area contributed by atoms with Gasteiger partial charge in [-0.15, -0.1) is 0 Å². The van der Waals surface area contributed by atoms with Crippen molar-refractivity contribution >= 4 is 20.2 Å². The molecular formula is C10H7NO2Se. The number of hydrogen-bond acceptors (Lipinski definition) is 2. The first-order valence-corrected chi connectivity index (χ1v) is 5.90. The molecule has 3 nitrogen and oxygen atoms in total. The molecule has 0 radical (unpaired) electrons. The number of nitro groups is 1. The Kier molecular flexibility index (Phi) is 2.48. The van der Waals surface area contributed by atoms with Crippen molar-refractivity contribution < 1.29 is 4.92 Å². The van der Waals surface area contributed by atoms with Gasteiger partial charge in [-0.2, -0.15) is 0 Å². The van der Waals surface area contributed by atoms with Gasteiger partial charge in [0, 0.05) is 0 Å². The maximum atomic E-state index is 10.5. The molecule has 2 rings (SSSR count). The Bertz CT molecular complexity index is 451. The summed E-state index contributed by atoms with van der Waals surface area (Å²) < 4.78 is 1.20. The van der Waals surface area contributed by atoms with E-state index in [1.54, 1.807) is 12.1 Å². The number of rotatable bonds is 2. The minimum atomic E-state index is -0.362. The molecule has 0 fully saturated rings. The second-order valence-corrected chi connectivity index (χ2v) is 4.77. The van der Waals surface area contributed by atoms with Crippen LogP contribution in [0.1, 0.15) is 0 Å². The van der Waals surface area contributed by atoms with Crippen LogP contribution in [0.25, 0.3) is 10.0 Å². The molecule has 2 aromatic rings. The Balaban J connectivity index is 2.46. The third kappa shape index (κ3) is 1.76. The summed E-state index contributed by atoms with van der Waals surface area (Å²) in [7, 11) is 0. The van der Waals surface area contributed by atoms with Gasteiger partial charge in [0.15, 0.2) is 0 Å². The normalized spacial score (nSPS) is 10.0. The first kappa shape index (κ1) is 9.19. The summed E-state index contributed by atoms with van der Waals surface area (Å²) in [6.07, 6.45) is 0. The van der Waals surface area contributed by atoms with E-state index in [1.807, 2.05) is 18.2 Å². The zero-order valence-corrected chi connectivity index (χ0v) is 8.93. The topological polar surface area (TPSA) is 43.1 Å². The third-order valence-corrected chi connectivity index (χ3v) is 3.79. The minimum absolute atomic E-state index is 0.158. The zero-order chi connectivity index (χ0) is 9.97. The first-order chi connectivity index (χ1) is 6.77. The second-order valence-electron chi connectivity index (χ2n) is 2.78. The van der Waals surface area contributed by atoms with Crippen LogP contribution in [0.15, 0.2) is 41.3 Å². The summed E-state index contributed by atoms with van der Waals surface area (Å²) in [4.78, 5) is 12.3. The Morgan fingerprint density at radius 1 is 1.21 bits per heavy atom. The fourth-order valence-corrected chi connectivity index (χ4v) is 2.73. The van der Waals surface area contributed by atoms with Gasteiger partial charge < -0.3 is 0 Å². The van der Waals surface area contributed by atoms with Crippen molar-refractivity contribution in [3.63, 3.8) is 0 Å². The Morgan fingerprint density at radius 3 is 2.71 bits per heavy atom. The molecule has 0 saturated carbocycles. The average Bonchev–Trinajstić information content (AvgIpc) is 2.71. The number of non-ortho nitro benzene ring substituents is 1. The zero-order valence-electron chi connectivity index (χ0n) is 7.21. The van der Waals surface area contributed by atoms with Crippen LogP contribution < -0.4 is 0 Å². The molecule has 1 aromatic heterocycles. The van der Waals surface area contributed by atoms with Crippen LogP contribution >= 0.6 is 0 Å². The van der Waals surface area contributed by atoms with E-state index in [2.05, 4.69) is 4.94 Å². The molecule has 0 N–H and O–H groups in total. The van der Waals surface area contributed by atoms with Crippen LogP contribution in [0.5, 0.6) is 0 Å². The molecule has 70 valence electrons. The SMILES string of the molecule is O=[N+]([O-])c1cccc(-c2ccc[se]2)c1. The molecule has 0 bridgehead atoms. The fourth-order valence-electron chi connectivity index (χ4n) is 1.22. The monoisotopic (exact) mass is 253 g/mol. The predicted molar refractivity (Wildman–Crippen MR) is 55.5 cm³/mol. The summed E-state index contributed by atoms with van der Waals surface area (Å²) in [6.45, 7) is 0. The van der Waals surface area contributed by atoms with Crippen molar-refractivity contribution in [2.24, 2.45) is 0 Å². The van der Waals surface area contributed by atoms with E-state index in [9.17, 15) is 10.1 Å². The molecule has 0 amide bonds. The maximum absolute atomic E-state index is 10.5. The third-order valence-electron chi connectivity index (χ3n) is 1.86. The molecule has 0 spiro atoms. The van der Waals surface area contributed by atoms with Gasteiger partial charge in [-0.25, -0.2) is 0 Å². The Morgan fingerprint density at radius 2 is 2.07 bits per heavy atom. The van der Waals surface area contributed by atoms with Crippen LogP contribution in [0, 0.1) is 10.1 Å². The van der Waals surface area contributed by atoms with E-state index >= 15 is 0 Å². The molecule has 0 aliphatic heterocycles. The van der Waals surface area contributed by atoms with Gasteiger partial charge in [0.05, 0.1) is 0 Å². The fraction of sp³-hybridized carbons (Fsp3) is 0. The summed E-state index contributed by atoms with van der Waals surface area (Å²) in [5.41, 5.74) is 1.12. The van der Waals surface area contributed by atoms with E-state index in [0.717, 1.165) is 5.56 Å². The predicted octanol–water partition coefficient (Wildman–Crippen LogP) is 2.32. The first-order valence-electron chi connectivity index (χ1n) is 4.06. The summed E-state index contributed by atoms with van der Waals surface area (Å²) in [5, 5.41) is 10.5. The molecule has 4 heteroatoms. The summed E-state index contributed by atoms with van der Waals surface area (Å²) in [5.74, 6) is 0. The number of hydrogen-bond donors (Lipinski definition) is 0. The molecule has 0 atom stereocenters. The van der Waals surface area contributed by atoms with Crippen molar-refractivity contribution in [2.75, 3.05) is 0 Å². The Hall–Kier alpha value is -1.38. The summed E-state index contributed by atoms with van der Waals surface area (Å²) >= 11 is 0.329. The van der Waals surface area contributed by atoms with E-state index in [4.69, 9.17) is 0 Å². The second kappa shape index (κ2) is 3.78. The van der Waals surface area contributed by atoms with Crippen molar-refractivity contribution in [3.05, 3.63) is 51.5 Å². The van der Waals surface area contributed by atoms with Crippen LogP contribution in [0.2, 0.25) is 0 Å². The molecule has 0 aliphatic carbocycles. The quantitative estimate of drug-likeness (QED) is 0.467. The van der Waals surface area contributed by atoms with Gasteiger partial charge in [-0.3, -0.25) is 0 Å². The van der Waals surface area contributed by atoms with Crippen LogP contribution in [-0.4, -0.2) is 19.4 Å². The van der Waals surface area contributed by atoms with Crippen LogP contribution in [0.3, 0.4) is 0 Å². The van der Waals surface area contributed by atoms with Crippen molar-refractivity contribution in [1.29, 1.82) is 0 Å². The molecule has 0 saturated heterocycles. The van der Waals surface area contributed by atoms with E-state index in [0.29, 0.717) is 14.5 Å². The van der Waals surface area contributed by atoms with E-state index in [-0.39, 0.29) is 10.6 Å². The van der Waals surface area contributed by atoms with Gasteiger partial charge in [0.25, 0.3) is 0 Å². The van der Waals surface area contributed by atoms with Gasteiger partial charge in [-0.1, -0.05) is 0 Å².